The first kappa shape index (κ1) is 121. The zero-order valence-electron chi connectivity index (χ0n) is 78.2. The van der Waals surface area contributed by atoms with E-state index in [4.69, 9.17) is 29.2 Å². The van der Waals surface area contributed by atoms with Gasteiger partial charge in [-0.1, -0.05) is 399 Å². The zero-order chi connectivity index (χ0) is 83.9. The average Bonchev–Trinajstić information content (AvgIpc) is 1.96. The predicted molar refractivity (Wildman–Crippen MR) is 497 cm³/mol. The number of aliphatic hydroxyl groups is 2. The van der Waals surface area contributed by atoms with Crippen molar-refractivity contribution in [3.8, 4) is 0 Å². The fraction of sp³-hybridized carbons (Fsp3) is 0.865. The van der Waals surface area contributed by atoms with E-state index in [2.05, 4.69) is 104 Å². The Hall–Kier alpha value is -2.53. The summed E-state index contributed by atoms with van der Waals surface area (Å²) in [6, 6.07) is 0. The van der Waals surface area contributed by atoms with E-state index in [-0.39, 0.29) is 45.6 Å². The van der Waals surface area contributed by atoms with E-state index in [0.717, 1.165) is 141 Å². The summed E-state index contributed by atoms with van der Waals surface area (Å²) in [5, 5.41) is 17.5. The minimum Gasteiger partial charge on any atom is -0.637 e. The molecule has 0 aromatic rings. The third-order valence-corrected chi connectivity index (χ3v) is 22.1. The second-order valence-electron chi connectivity index (χ2n) is 33.4. The van der Waals surface area contributed by atoms with Crippen molar-refractivity contribution in [2.45, 2.75) is 543 Å². The monoisotopic (exact) mass is 1660 g/mol. The standard InChI is InChI=1S/2C44H81O4.2C8H18O.Ti/c2*1-3-5-7-9-11-13-15-17-19-21-23-25-27-31-35-39-43(45)47-41-37-33-29-30-34-38-42-48-44(46)40-36-32-28-26-24-22-20-18-16-14-12-10-8-6-4-2;2*1-3-5-6-8(4-2)7-9;/h2*17-20,41H,3-16,21-40,42H2,1-2H3;2*8-9H,3-7H2,1-2H3;/q2*-1;;;+2/b2*19-17-,20-18-;;;. The molecule has 11 heteroatoms. The van der Waals surface area contributed by atoms with Crippen molar-refractivity contribution in [1.82, 2.24) is 0 Å². The molecule has 0 rings (SSSR count). The average molecular weight is 1660 g/mol. The van der Waals surface area contributed by atoms with Crippen LogP contribution in [0.4, 0.5) is 0 Å². The van der Waals surface area contributed by atoms with Crippen LogP contribution in [0.3, 0.4) is 0 Å². The summed E-state index contributed by atoms with van der Waals surface area (Å²) in [7, 11) is 0. The van der Waals surface area contributed by atoms with E-state index < -0.39 is 0 Å². The number of ether oxygens (including phenoxy) is 4. The molecule has 2 N–H and O–H groups in total. The fourth-order valence-corrected chi connectivity index (χ4v) is 13.9. The summed E-state index contributed by atoms with van der Waals surface area (Å²) in [4.78, 5) is 47.8. The topological polar surface area (TPSA) is 146 Å². The molecule has 115 heavy (non-hydrogen) atoms. The van der Waals surface area contributed by atoms with Crippen LogP contribution in [0.1, 0.15) is 543 Å². The first-order chi connectivity index (χ1) is 56.1. The quantitative estimate of drug-likeness (QED) is 0.0151. The van der Waals surface area contributed by atoms with Gasteiger partial charge in [-0.05, 0) is 166 Å². The maximum atomic E-state index is 12.0. The smallest absolute Gasteiger partial charge is 0.637 e. The molecule has 2 atom stereocenters. The van der Waals surface area contributed by atoms with E-state index in [1.54, 1.807) is 13.2 Å². The minimum atomic E-state index is -0.0868. The van der Waals surface area contributed by atoms with Gasteiger partial charge in [0.15, 0.2) is 0 Å². The number of carbonyl (C=O) groups is 4. The van der Waals surface area contributed by atoms with Crippen LogP contribution in [-0.2, 0) is 59.8 Å². The number of esters is 4. The maximum Gasteiger partial charge on any atom is 2.00 e. The number of unbranched alkanes of at least 4 members (excludes halogenated alkanes) is 56. The van der Waals surface area contributed by atoms with Gasteiger partial charge in [-0.2, -0.15) is 13.2 Å². The molecule has 0 fully saturated rings. The number of hydrogen-bond acceptors (Lipinski definition) is 10. The molecule has 2 unspecified atom stereocenters. The third-order valence-electron chi connectivity index (χ3n) is 22.1. The number of carbonyl (C=O) groups excluding carboxylic acids is 4. The van der Waals surface area contributed by atoms with E-state index in [9.17, 15) is 19.2 Å². The molecule has 0 aliphatic rings. The number of rotatable bonds is 88. The van der Waals surface area contributed by atoms with Gasteiger partial charge in [-0.3, -0.25) is 19.2 Å². The summed E-state index contributed by atoms with van der Waals surface area (Å²) >= 11 is 0. The van der Waals surface area contributed by atoms with E-state index in [1.807, 2.05) is 0 Å². The number of aliphatic hydroxyl groups excluding tert-OH is 2. The molecule has 0 aromatic heterocycles. The molecule has 0 aromatic carbocycles. The van der Waals surface area contributed by atoms with E-state index >= 15 is 0 Å². The number of allylic oxidation sites excluding steroid dienone is 8. The maximum absolute atomic E-state index is 12.0. The summed E-state index contributed by atoms with van der Waals surface area (Å²) in [5.74, 6) is 0.874. The molecule has 0 aliphatic carbocycles. The van der Waals surface area contributed by atoms with Crippen molar-refractivity contribution in [2.24, 2.45) is 11.8 Å². The van der Waals surface area contributed by atoms with Gasteiger partial charge in [0, 0.05) is 38.9 Å². The molecule has 0 amide bonds. The van der Waals surface area contributed by atoms with Crippen molar-refractivity contribution in [3.63, 3.8) is 0 Å². The Labute approximate surface area is 732 Å². The summed E-state index contributed by atoms with van der Waals surface area (Å²) in [6.07, 6.45) is 109. The van der Waals surface area contributed by atoms with Crippen LogP contribution < -0.4 is 0 Å². The van der Waals surface area contributed by atoms with Gasteiger partial charge in [-0.15, -0.1) is 12.8 Å². The van der Waals surface area contributed by atoms with Crippen LogP contribution in [0.5, 0.6) is 0 Å². The molecule has 0 aliphatic heterocycles. The van der Waals surface area contributed by atoms with Crippen molar-refractivity contribution < 1.29 is 70.1 Å². The van der Waals surface area contributed by atoms with E-state index in [1.165, 1.54) is 321 Å². The largest absolute Gasteiger partial charge is 2.00 e. The van der Waals surface area contributed by atoms with Crippen molar-refractivity contribution in [1.29, 1.82) is 0 Å². The summed E-state index contributed by atoms with van der Waals surface area (Å²) < 4.78 is 21.4. The normalized spacial score (nSPS) is 11.8. The zero-order valence-corrected chi connectivity index (χ0v) is 79.7. The second-order valence-corrected chi connectivity index (χ2v) is 33.4. The molecule has 0 saturated carbocycles. The Morgan fingerprint density at radius 1 is 0.243 bits per heavy atom. The van der Waals surface area contributed by atoms with Crippen molar-refractivity contribution >= 4 is 23.9 Å². The Morgan fingerprint density at radius 2 is 0.435 bits per heavy atom. The Bertz CT molecular complexity index is 1690. The molecule has 678 valence electrons. The predicted octanol–water partition coefficient (Wildman–Crippen LogP) is 33.7. The van der Waals surface area contributed by atoms with Crippen molar-refractivity contribution in [3.05, 3.63) is 61.8 Å². The van der Waals surface area contributed by atoms with Crippen LogP contribution in [0.15, 0.2) is 48.6 Å². The van der Waals surface area contributed by atoms with Crippen LogP contribution in [0.2, 0.25) is 0 Å². The van der Waals surface area contributed by atoms with Crippen molar-refractivity contribution in [2.75, 3.05) is 26.4 Å². The minimum absolute atomic E-state index is 0. The van der Waals surface area contributed by atoms with E-state index in [0.29, 0.717) is 63.9 Å². The van der Waals surface area contributed by atoms with Gasteiger partial charge in [0.05, 0.1) is 13.2 Å². The Kier molecular flexibility index (Phi) is 119. The molecular weight excluding hydrogens is 1460 g/mol. The third kappa shape index (κ3) is 116. The number of hydrogen-bond donors (Lipinski definition) is 2. The second kappa shape index (κ2) is 114. The summed E-state index contributed by atoms with van der Waals surface area (Å²) in [5.41, 5.74) is 0. The molecule has 0 saturated heterocycles. The van der Waals surface area contributed by atoms with Gasteiger partial charge >= 0.3 is 33.7 Å². The van der Waals surface area contributed by atoms with Crippen LogP contribution >= 0.6 is 0 Å². The van der Waals surface area contributed by atoms with Crippen LogP contribution in [0.25, 0.3) is 0 Å². The van der Waals surface area contributed by atoms with Gasteiger partial charge < -0.3 is 29.2 Å². The summed E-state index contributed by atoms with van der Waals surface area (Å²) in [6.45, 7) is 22.9. The molecule has 0 heterocycles. The Balaban J connectivity index is -0.000000570. The molecular formula is C104H198O10Ti. The first-order valence-electron chi connectivity index (χ1n) is 50.3. The van der Waals surface area contributed by atoms with Gasteiger partial charge in [0.25, 0.3) is 11.9 Å². The fourth-order valence-electron chi connectivity index (χ4n) is 13.9. The first-order valence-corrected chi connectivity index (χ1v) is 50.3. The molecule has 0 bridgehead atoms. The molecule has 0 radical (unpaired) electrons. The van der Waals surface area contributed by atoms with Gasteiger partial charge in [0.1, 0.15) is 0 Å². The molecule has 10 nitrogen and oxygen atoms in total. The van der Waals surface area contributed by atoms with Gasteiger partial charge in [-0.25, -0.2) is 0 Å². The SMILES string of the molecule is CCCCC(CC)CO.CCCCC(CC)CO.CCCCCCCC/C=C\CCCCCCCC(=O)O[CH-]CCCCCCCOC(=O)CCCCCCC/C=C\CCCCCCCC.CCCCCCCC/C=C\CCCCCCCC(=O)O[CH-]CCCCCCCOC(=O)CCCCCCC/C=C\CCCCCCCC.[Ti+2]. The van der Waals surface area contributed by atoms with Crippen LogP contribution in [-0.4, -0.2) is 60.5 Å². The Morgan fingerprint density at radius 3 is 0.652 bits per heavy atom. The van der Waals surface area contributed by atoms with Crippen LogP contribution in [0, 0.1) is 25.0 Å². The molecule has 0 spiro atoms. The van der Waals surface area contributed by atoms with Gasteiger partial charge in [0.2, 0.25) is 0 Å².